The van der Waals surface area contributed by atoms with E-state index in [2.05, 4.69) is 28.4 Å². The fourth-order valence-electron chi connectivity index (χ4n) is 3.70. The van der Waals surface area contributed by atoms with Gasteiger partial charge in [0.05, 0.1) is 0 Å². The van der Waals surface area contributed by atoms with Crippen molar-refractivity contribution in [1.29, 1.82) is 0 Å². The Labute approximate surface area is 164 Å². The minimum Gasteiger partial charge on any atom is -0.478 e. The fourth-order valence-corrected chi connectivity index (χ4v) is 3.92. The number of nitrogens with zero attached hydrogens (tertiary/aromatic N) is 1. The lowest BCUT2D eigenvalue weighted by atomic mass is 10.1. The molecule has 6 nitrogen and oxygen atoms in total. The van der Waals surface area contributed by atoms with Crippen molar-refractivity contribution in [3.05, 3.63) is 47.0 Å². The smallest absolute Gasteiger partial charge is 0.328 e. The van der Waals surface area contributed by atoms with E-state index in [9.17, 15) is 9.59 Å². The van der Waals surface area contributed by atoms with Gasteiger partial charge in [-0.3, -0.25) is 4.90 Å². The largest absolute Gasteiger partial charge is 0.478 e. The molecule has 1 aliphatic heterocycles. The van der Waals surface area contributed by atoms with Crippen molar-refractivity contribution in [2.45, 2.75) is 50.7 Å². The van der Waals surface area contributed by atoms with E-state index in [1.807, 2.05) is 6.07 Å². The van der Waals surface area contributed by atoms with Crippen LogP contribution in [0.5, 0.6) is 0 Å². The van der Waals surface area contributed by atoms with Crippen LogP contribution in [-0.2, 0) is 16.1 Å². The lowest BCUT2D eigenvalue weighted by Gasteiger charge is -2.34. The summed E-state index contributed by atoms with van der Waals surface area (Å²) in [5.74, 6) is -2.51. The van der Waals surface area contributed by atoms with Gasteiger partial charge >= 0.3 is 11.9 Å². The molecular weight excluding hydrogens is 368 g/mol. The van der Waals surface area contributed by atoms with E-state index in [4.69, 9.17) is 21.8 Å². The summed E-state index contributed by atoms with van der Waals surface area (Å²) in [5.41, 5.74) is 1.35. The first-order valence-electron chi connectivity index (χ1n) is 9.30. The van der Waals surface area contributed by atoms with Crippen LogP contribution < -0.4 is 5.32 Å². The third kappa shape index (κ3) is 7.71. The van der Waals surface area contributed by atoms with E-state index in [0.29, 0.717) is 18.2 Å². The fraction of sp³-hybridized carbons (Fsp3) is 0.500. The van der Waals surface area contributed by atoms with Gasteiger partial charge in [0.15, 0.2) is 0 Å². The zero-order valence-corrected chi connectivity index (χ0v) is 16.1. The maximum atomic E-state index is 9.55. The first kappa shape index (κ1) is 21.4. The van der Waals surface area contributed by atoms with Crippen LogP contribution in [0.25, 0.3) is 0 Å². The van der Waals surface area contributed by atoms with Gasteiger partial charge in [-0.25, -0.2) is 9.59 Å². The zero-order chi connectivity index (χ0) is 19.6. The topological polar surface area (TPSA) is 89.9 Å². The quantitative estimate of drug-likeness (QED) is 0.642. The van der Waals surface area contributed by atoms with Crippen molar-refractivity contribution in [3.8, 4) is 0 Å². The van der Waals surface area contributed by atoms with Crippen molar-refractivity contribution in [2.75, 3.05) is 13.1 Å². The molecule has 0 amide bonds. The summed E-state index contributed by atoms with van der Waals surface area (Å²) in [5, 5.41) is 20.0. The van der Waals surface area contributed by atoms with Gasteiger partial charge in [0.2, 0.25) is 0 Å². The Balaban J connectivity index is 0.000000279. The summed E-state index contributed by atoms with van der Waals surface area (Å²) in [6.45, 7) is 3.37. The predicted molar refractivity (Wildman–Crippen MR) is 105 cm³/mol. The maximum Gasteiger partial charge on any atom is 0.328 e. The van der Waals surface area contributed by atoms with Crippen LogP contribution in [0, 0.1) is 0 Å². The molecule has 1 atom stereocenters. The van der Waals surface area contributed by atoms with Crippen molar-refractivity contribution < 1.29 is 19.8 Å². The Bertz CT molecular complexity index is 621. The molecule has 1 aliphatic carbocycles. The molecule has 0 radical (unpaired) electrons. The van der Waals surface area contributed by atoms with E-state index in [-0.39, 0.29) is 0 Å². The van der Waals surface area contributed by atoms with Gasteiger partial charge in [-0.15, -0.1) is 0 Å². The number of halogens is 1. The van der Waals surface area contributed by atoms with Crippen LogP contribution >= 0.6 is 11.6 Å². The van der Waals surface area contributed by atoms with E-state index in [0.717, 1.165) is 24.2 Å². The summed E-state index contributed by atoms with van der Waals surface area (Å²) in [6, 6.07) is 9.84. The number of benzene rings is 1. The highest BCUT2D eigenvalue weighted by molar-refractivity contribution is 6.30. The molecule has 0 aromatic heterocycles. The van der Waals surface area contributed by atoms with Crippen LogP contribution in [0.1, 0.15) is 37.7 Å². The molecule has 148 valence electrons. The number of carboxylic acid groups (broad SMARTS) is 2. The second-order valence-electron chi connectivity index (χ2n) is 6.90. The molecule has 2 fully saturated rings. The van der Waals surface area contributed by atoms with E-state index in [1.54, 1.807) is 0 Å². The normalized spacial score (nSPS) is 20.0. The lowest BCUT2D eigenvalue weighted by Crippen LogP contribution is -2.42. The molecule has 2 aliphatic rings. The molecule has 3 N–H and O–H groups in total. The van der Waals surface area contributed by atoms with Crippen molar-refractivity contribution in [2.24, 2.45) is 0 Å². The van der Waals surface area contributed by atoms with Crippen molar-refractivity contribution in [3.63, 3.8) is 0 Å². The Hall–Kier alpha value is -1.89. The van der Waals surface area contributed by atoms with E-state index in [1.165, 1.54) is 44.2 Å². The molecule has 1 aromatic rings. The van der Waals surface area contributed by atoms with Crippen molar-refractivity contribution >= 4 is 23.5 Å². The van der Waals surface area contributed by atoms with Gasteiger partial charge in [-0.1, -0.05) is 36.6 Å². The van der Waals surface area contributed by atoms with Crippen molar-refractivity contribution in [1.82, 2.24) is 10.2 Å². The Morgan fingerprint density at radius 2 is 1.78 bits per heavy atom. The van der Waals surface area contributed by atoms with Crippen LogP contribution in [0.4, 0.5) is 0 Å². The van der Waals surface area contributed by atoms with Crippen LogP contribution in [0.2, 0.25) is 5.02 Å². The molecule has 0 bridgehead atoms. The number of carbonyl (C=O) groups is 2. The Morgan fingerprint density at radius 1 is 1.11 bits per heavy atom. The molecule has 27 heavy (non-hydrogen) atoms. The SMILES string of the molecule is Clc1cccc(CN(C2CCCC2)[C@H]2CCNC2)c1.O=C(O)C=CC(=O)O. The minimum absolute atomic E-state index is 0.558. The molecular formula is C20H27ClN2O4. The number of hydrogen-bond acceptors (Lipinski definition) is 4. The molecule has 1 saturated heterocycles. The Morgan fingerprint density at radius 3 is 2.30 bits per heavy atom. The first-order valence-corrected chi connectivity index (χ1v) is 9.68. The number of nitrogens with one attached hydrogen (secondary N) is 1. The number of hydrogen-bond donors (Lipinski definition) is 3. The molecule has 3 rings (SSSR count). The van der Waals surface area contributed by atoms with Gasteiger partial charge in [-0.05, 0) is 43.5 Å². The summed E-state index contributed by atoms with van der Waals surface area (Å²) >= 11 is 6.12. The summed E-state index contributed by atoms with van der Waals surface area (Å²) in [4.78, 5) is 21.8. The van der Waals surface area contributed by atoms with E-state index < -0.39 is 11.9 Å². The molecule has 0 unspecified atom stereocenters. The number of aliphatic carboxylic acids is 2. The third-order valence-electron chi connectivity index (χ3n) is 4.92. The average molecular weight is 395 g/mol. The van der Waals surface area contributed by atoms with Crippen LogP contribution in [0.15, 0.2) is 36.4 Å². The third-order valence-corrected chi connectivity index (χ3v) is 5.15. The standard InChI is InChI=1S/C16H23ClN2.C4H4O4/c17-14-5-3-4-13(10-14)12-19(15-6-1-2-7-15)16-8-9-18-11-16;5-3(6)1-2-4(7)8/h3-5,10,15-16,18H,1-2,6-9,11-12H2;1-2H,(H,5,6)(H,7,8)/t16-;/m0./s1. The van der Waals surface area contributed by atoms with Gasteiger partial charge in [0.25, 0.3) is 0 Å². The number of carboxylic acids is 2. The van der Waals surface area contributed by atoms with Gasteiger partial charge in [0.1, 0.15) is 0 Å². The number of rotatable bonds is 6. The predicted octanol–water partition coefficient (Wildman–Crippen LogP) is 3.16. The highest BCUT2D eigenvalue weighted by Crippen LogP contribution is 2.28. The summed E-state index contributed by atoms with van der Waals surface area (Å²) in [7, 11) is 0. The first-order chi connectivity index (χ1) is 13.0. The van der Waals surface area contributed by atoms with Crippen LogP contribution in [-0.4, -0.2) is 52.2 Å². The minimum atomic E-state index is -1.26. The second kappa shape index (κ2) is 11.1. The molecule has 0 spiro atoms. The highest BCUT2D eigenvalue weighted by atomic mass is 35.5. The zero-order valence-electron chi connectivity index (χ0n) is 15.3. The van der Waals surface area contributed by atoms with Gasteiger partial charge in [0, 0.05) is 42.3 Å². The summed E-state index contributed by atoms with van der Waals surface area (Å²) < 4.78 is 0. The van der Waals surface area contributed by atoms with E-state index >= 15 is 0 Å². The molecule has 1 heterocycles. The molecule has 1 saturated carbocycles. The highest BCUT2D eigenvalue weighted by Gasteiger charge is 2.30. The molecule has 7 heteroatoms. The monoisotopic (exact) mass is 394 g/mol. The lowest BCUT2D eigenvalue weighted by molar-refractivity contribution is -0.134. The Kier molecular flexibility index (Phi) is 8.78. The second-order valence-corrected chi connectivity index (χ2v) is 7.33. The summed E-state index contributed by atoms with van der Waals surface area (Å²) in [6.07, 6.45) is 7.95. The maximum absolute atomic E-state index is 9.55. The molecule has 1 aromatic carbocycles. The van der Waals surface area contributed by atoms with Crippen LogP contribution in [0.3, 0.4) is 0 Å². The van der Waals surface area contributed by atoms with Gasteiger partial charge in [-0.2, -0.15) is 0 Å². The average Bonchev–Trinajstić information content (AvgIpc) is 3.32. The van der Waals surface area contributed by atoms with Gasteiger partial charge < -0.3 is 15.5 Å².